The third-order valence-corrected chi connectivity index (χ3v) is 3.41. The van der Waals surface area contributed by atoms with E-state index in [1.54, 1.807) is 0 Å². The first-order valence-electron chi connectivity index (χ1n) is 7.24. The number of hydrogen-bond donors (Lipinski definition) is 1. The molecule has 2 nitrogen and oxygen atoms in total. The fourth-order valence-corrected chi connectivity index (χ4v) is 2.01. The van der Waals surface area contributed by atoms with Crippen molar-refractivity contribution in [1.82, 2.24) is 5.32 Å². The third-order valence-electron chi connectivity index (χ3n) is 3.41. The van der Waals surface area contributed by atoms with Crippen LogP contribution in [0.25, 0.3) is 0 Å². The highest BCUT2D eigenvalue weighted by molar-refractivity contribution is 5.21. The van der Waals surface area contributed by atoms with Crippen molar-refractivity contribution in [3.63, 3.8) is 0 Å². The van der Waals surface area contributed by atoms with Gasteiger partial charge in [-0.1, -0.05) is 44.0 Å². The van der Waals surface area contributed by atoms with Crippen molar-refractivity contribution in [3.8, 4) is 0 Å². The molecule has 0 bridgehead atoms. The molecule has 0 aromatic heterocycles. The molecule has 0 heterocycles. The minimum atomic E-state index is 0.759. The highest BCUT2D eigenvalue weighted by atomic mass is 16.5. The highest BCUT2D eigenvalue weighted by Gasteiger charge is 2.20. The smallest absolute Gasteiger partial charge is 0.0716 e. The SMILES string of the molecule is CCCNCc1ccc(COCCC2CC2)cc1. The molecule has 0 saturated heterocycles. The first kappa shape index (κ1) is 13.6. The molecule has 1 fully saturated rings. The summed E-state index contributed by atoms with van der Waals surface area (Å²) >= 11 is 0. The molecule has 0 amide bonds. The summed E-state index contributed by atoms with van der Waals surface area (Å²) in [5.74, 6) is 0.969. The fraction of sp³-hybridized carbons (Fsp3) is 0.625. The molecule has 1 aliphatic rings. The summed E-state index contributed by atoms with van der Waals surface area (Å²) in [4.78, 5) is 0. The van der Waals surface area contributed by atoms with E-state index in [1.807, 2.05) is 0 Å². The Morgan fingerprint density at radius 3 is 2.56 bits per heavy atom. The van der Waals surface area contributed by atoms with Crippen molar-refractivity contribution in [1.29, 1.82) is 0 Å². The van der Waals surface area contributed by atoms with E-state index in [2.05, 4.69) is 36.5 Å². The van der Waals surface area contributed by atoms with Gasteiger partial charge in [0.2, 0.25) is 0 Å². The van der Waals surface area contributed by atoms with Crippen LogP contribution in [0.3, 0.4) is 0 Å². The van der Waals surface area contributed by atoms with Crippen LogP contribution in [0.1, 0.15) is 43.7 Å². The van der Waals surface area contributed by atoms with Gasteiger partial charge in [0.15, 0.2) is 0 Å². The second-order valence-electron chi connectivity index (χ2n) is 5.28. The second-order valence-corrected chi connectivity index (χ2v) is 5.28. The van der Waals surface area contributed by atoms with Crippen molar-refractivity contribution in [2.24, 2.45) is 5.92 Å². The predicted molar refractivity (Wildman–Crippen MR) is 75.4 cm³/mol. The summed E-state index contributed by atoms with van der Waals surface area (Å²) in [6, 6.07) is 8.75. The van der Waals surface area contributed by atoms with Crippen LogP contribution in [0, 0.1) is 5.92 Å². The van der Waals surface area contributed by atoms with Gasteiger partial charge in [-0.2, -0.15) is 0 Å². The van der Waals surface area contributed by atoms with Gasteiger partial charge < -0.3 is 10.1 Å². The number of hydrogen-bond acceptors (Lipinski definition) is 2. The maximum Gasteiger partial charge on any atom is 0.0716 e. The normalized spacial score (nSPS) is 14.9. The van der Waals surface area contributed by atoms with Gasteiger partial charge in [0.05, 0.1) is 6.61 Å². The Balaban J connectivity index is 1.62. The second kappa shape index (κ2) is 7.55. The Kier molecular flexibility index (Phi) is 5.69. The molecule has 1 aliphatic carbocycles. The topological polar surface area (TPSA) is 21.3 Å². The van der Waals surface area contributed by atoms with Crippen LogP contribution in [0.4, 0.5) is 0 Å². The lowest BCUT2D eigenvalue weighted by Gasteiger charge is -2.06. The van der Waals surface area contributed by atoms with E-state index >= 15 is 0 Å². The molecule has 0 aliphatic heterocycles. The Labute approximate surface area is 111 Å². The zero-order valence-electron chi connectivity index (χ0n) is 11.5. The van der Waals surface area contributed by atoms with Gasteiger partial charge >= 0.3 is 0 Å². The lowest BCUT2D eigenvalue weighted by molar-refractivity contribution is 0.115. The number of nitrogens with one attached hydrogen (secondary N) is 1. The maximum absolute atomic E-state index is 5.69. The molecule has 0 spiro atoms. The summed E-state index contributed by atoms with van der Waals surface area (Å²) in [5, 5.41) is 3.41. The molecule has 2 rings (SSSR count). The largest absolute Gasteiger partial charge is 0.377 e. The van der Waals surface area contributed by atoms with Crippen LogP contribution in [0.5, 0.6) is 0 Å². The van der Waals surface area contributed by atoms with Crippen molar-refractivity contribution in [3.05, 3.63) is 35.4 Å². The molecule has 0 radical (unpaired) electrons. The van der Waals surface area contributed by atoms with E-state index in [0.29, 0.717) is 0 Å². The zero-order chi connectivity index (χ0) is 12.6. The van der Waals surface area contributed by atoms with Crippen LogP contribution in [-0.2, 0) is 17.9 Å². The van der Waals surface area contributed by atoms with E-state index in [-0.39, 0.29) is 0 Å². The standard InChI is InChI=1S/C16H25NO/c1-2-10-17-12-15-5-7-16(8-6-15)13-18-11-9-14-3-4-14/h5-8,14,17H,2-4,9-13H2,1H3. The Hall–Kier alpha value is -0.860. The first-order valence-corrected chi connectivity index (χ1v) is 7.24. The lowest BCUT2D eigenvalue weighted by atomic mass is 10.1. The highest BCUT2D eigenvalue weighted by Crippen LogP contribution is 2.32. The number of rotatable bonds is 9. The van der Waals surface area contributed by atoms with E-state index in [9.17, 15) is 0 Å². The summed E-state index contributed by atoms with van der Waals surface area (Å²) in [6.07, 6.45) is 5.28. The average Bonchev–Trinajstić information content (AvgIpc) is 3.21. The molecule has 0 unspecified atom stereocenters. The minimum Gasteiger partial charge on any atom is -0.377 e. The summed E-state index contributed by atoms with van der Waals surface area (Å²) in [6.45, 7) is 5.93. The van der Waals surface area contributed by atoms with E-state index in [4.69, 9.17) is 4.74 Å². The first-order chi connectivity index (χ1) is 8.88. The Bertz CT molecular complexity index is 329. The molecule has 2 heteroatoms. The van der Waals surface area contributed by atoms with Crippen LogP contribution < -0.4 is 5.32 Å². The average molecular weight is 247 g/mol. The Morgan fingerprint density at radius 2 is 1.89 bits per heavy atom. The molecule has 1 N–H and O–H groups in total. The summed E-state index contributed by atoms with van der Waals surface area (Å²) in [7, 11) is 0. The predicted octanol–water partition coefficient (Wildman–Crippen LogP) is 3.50. The van der Waals surface area contributed by atoms with Crippen molar-refractivity contribution in [2.45, 2.75) is 45.8 Å². The van der Waals surface area contributed by atoms with Crippen molar-refractivity contribution < 1.29 is 4.74 Å². The third kappa shape index (κ3) is 5.19. The van der Waals surface area contributed by atoms with Gasteiger partial charge in [0, 0.05) is 13.2 Å². The molecule has 1 aromatic rings. The monoisotopic (exact) mass is 247 g/mol. The summed E-state index contributed by atoms with van der Waals surface area (Å²) < 4.78 is 5.69. The molecule has 1 aromatic carbocycles. The fourth-order valence-electron chi connectivity index (χ4n) is 2.01. The van der Waals surface area contributed by atoms with Gasteiger partial charge in [0.25, 0.3) is 0 Å². The van der Waals surface area contributed by atoms with Gasteiger partial charge in [-0.15, -0.1) is 0 Å². The Morgan fingerprint density at radius 1 is 1.17 bits per heavy atom. The van der Waals surface area contributed by atoms with Crippen LogP contribution in [0.15, 0.2) is 24.3 Å². The number of benzene rings is 1. The molecule has 0 atom stereocenters. The zero-order valence-corrected chi connectivity index (χ0v) is 11.5. The molecule has 1 saturated carbocycles. The van der Waals surface area contributed by atoms with Gasteiger partial charge in [0.1, 0.15) is 0 Å². The van der Waals surface area contributed by atoms with Gasteiger partial charge in [-0.05, 0) is 36.4 Å². The van der Waals surface area contributed by atoms with Gasteiger partial charge in [-0.3, -0.25) is 0 Å². The summed E-state index contributed by atoms with van der Waals surface area (Å²) in [5.41, 5.74) is 2.63. The van der Waals surface area contributed by atoms with Crippen LogP contribution in [0.2, 0.25) is 0 Å². The van der Waals surface area contributed by atoms with E-state index < -0.39 is 0 Å². The van der Waals surface area contributed by atoms with Crippen LogP contribution in [-0.4, -0.2) is 13.2 Å². The quantitative estimate of drug-likeness (QED) is 0.674. The van der Waals surface area contributed by atoms with E-state index in [0.717, 1.165) is 32.2 Å². The molecular formula is C16H25NO. The number of ether oxygens (including phenoxy) is 1. The molecule has 100 valence electrons. The van der Waals surface area contributed by atoms with Gasteiger partial charge in [-0.25, -0.2) is 0 Å². The molecule has 18 heavy (non-hydrogen) atoms. The maximum atomic E-state index is 5.69. The van der Waals surface area contributed by atoms with Crippen molar-refractivity contribution >= 4 is 0 Å². The molecular weight excluding hydrogens is 222 g/mol. The van der Waals surface area contributed by atoms with Crippen LogP contribution >= 0.6 is 0 Å². The van der Waals surface area contributed by atoms with Crippen molar-refractivity contribution in [2.75, 3.05) is 13.2 Å². The lowest BCUT2D eigenvalue weighted by Crippen LogP contribution is -2.13. The minimum absolute atomic E-state index is 0.759. The van der Waals surface area contributed by atoms with E-state index in [1.165, 1.54) is 36.8 Å².